The molecule has 2 rings (SSSR count). The molecule has 3 N–H and O–H groups in total. The quantitative estimate of drug-likeness (QED) is 0.790. The first-order valence-electron chi connectivity index (χ1n) is 7.39. The number of amides is 3. The van der Waals surface area contributed by atoms with Gasteiger partial charge in [0.25, 0.3) is 0 Å². The highest BCUT2D eigenvalue weighted by molar-refractivity contribution is 6.00. The van der Waals surface area contributed by atoms with E-state index in [1.54, 1.807) is 36.4 Å². The van der Waals surface area contributed by atoms with E-state index in [0.717, 1.165) is 0 Å². The number of rotatable bonds is 3. The number of nitrogens with one attached hydrogen (secondary N) is 3. The molecule has 0 radical (unpaired) electrons. The SMILES string of the molecule is CC(C)(C)C(=O)Nc1cccc(NC(=O)Nc2ccccc2)c1. The first-order chi connectivity index (χ1) is 10.8. The second kappa shape index (κ2) is 6.96. The largest absolute Gasteiger partial charge is 0.326 e. The fraction of sp³-hybridized carbons (Fsp3) is 0.222. The minimum Gasteiger partial charge on any atom is -0.326 e. The van der Waals surface area contributed by atoms with E-state index in [1.165, 1.54) is 0 Å². The highest BCUT2D eigenvalue weighted by atomic mass is 16.2. The fourth-order valence-corrected chi connectivity index (χ4v) is 1.81. The molecule has 0 atom stereocenters. The van der Waals surface area contributed by atoms with E-state index < -0.39 is 5.41 Å². The number of urea groups is 1. The Kier molecular flexibility index (Phi) is 5.01. The third-order valence-corrected chi connectivity index (χ3v) is 3.09. The predicted molar refractivity (Wildman–Crippen MR) is 93.6 cm³/mol. The zero-order chi connectivity index (χ0) is 16.9. The lowest BCUT2D eigenvalue weighted by atomic mass is 9.95. The molecule has 23 heavy (non-hydrogen) atoms. The maximum atomic E-state index is 12.0. The summed E-state index contributed by atoms with van der Waals surface area (Å²) < 4.78 is 0. The first-order valence-corrected chi connectivity index (χ1v) is 7.39. The van der Waals surface area contributed by atoms with Crippen molar-refractivity contribution in [3.8, 4) is 0 Å². The Bertz CT molecular complexity index is 691. The van der Waals surface area contributed by atoms with Gasteiger partial charge < -0.3 is 16.0 Å². The van der Waals surface area contributed by atoms with Crippen molar-refractivity contribution in [2.24, 2.45) is 5.41 Å². The van der Waals surface area contributed by atoms with E-state index in [0.29, 0.717) is 17.1 Å². The van der Waals surface area contributed by atoms with Crippen LogP contribution in [0, 0.1) is 5.41 Å². The fourth-order valence-electron chi connectivity index (χ4n) is 1.81. The van der Waals surface area contributed by atoms with Gasteiger partial charge in [-0.05, 0) is 30.3 Å². The van der Waals surface area contributed by atoms with Gasteiger partial charge in [0.15, 0.2) is 0 Å². The molecule has 2 aromatic carbocycles. The lowest BCUT2D eigenvalue weighted by Crippen LogP contribution is -2.27. The van der Waals surface area contributed by atoms with E-state index in [4.69, 9.17) is 0 Å². The molecule has 0 aliphatic heterocycles. The minimum atomic E-state index is -0.478. The van der Waals surface area contributed by atoms with Gasteiger partial charge in [-0.25, -0.2) is 4.79 Å². The summed E-state index contributed by atoms with van der Waals surface area (Å²) in [5.74, 6) is -0.0802. The van der Waals surface area contributed by atoms with Gasteiger partial charge in [-0.15, -0.1) is 0 Å². The molecule has 0 unspecified atom stereocenters. The highest BCUT2D eigenvalue weighted by Gasteiger charge is 2.21. The van der Waals surface area contributed by atoms with Gasteiger partial charge in [0.1, 0.15) is 0 Å². The smallest absolute Gasteiger partial charge is 0.323 e. The van der Waals surface area contributed by atoms with E-state index in [-0.39, 0.29) is 11.9 Å². The molecule has 5 heteroatoms. The van der Waals surface area contributed by atoms with Crippen molar-refractivity contribution < 1.29 is 9.59 Å². The highest BCUT2D eigenvalue weighted by Crippen LogP contribution is 2.20. The molecule has 0 bridgehead atoms. The summed E-state index contributed by atoms with van der Waals surface area (Å²) in [6.07, 6.45) is 0. The van der Waals surface area contributed by atoms with Crippen LogP contribution in [-0.2, 0) is 4.79 Å². The van der Waals surface area contributed by atoms with Crippen LogP contribution in [-0.4, -0.2) is 11.9 Å². The Hall–Kier alpha value is -2.82. The molecule has 2 aromatic rings. The average Bonchev–Trinajstić information content (AvgIpc) is 2.47. The number of carbonyl (C=O) groups excluding carboxylic acids is 2. The summed E-state index contributed by atoms with van der Waals surface area (Å²) in [7, 11) is 0. The van der Waals surface area contributed by atoms with Gasteiger partial charge in [0, 0.05) is 22.5 Å². The Labute approximate surface area is 136 Å². The minimum absolute atomic E-state index is 0.0802. The van der Waals surface area contributed by atoms with Crippen molar-refractivity contribution in [1.29, 1.82) is 0 Å². The average molecular weight is 311 g/mol. The molecule has 120 valence electrons. The van der Waals surface area contributed by atoms with Crippen LogP contribution in [0.2, 0.25) is 0 Å². The Morgan fingerprint density at radius 2 is 1.26 bits per heavy atom. The van der Waals surface area contributed by atoms with Crippen molar-refractivity contribution >= 4 is 29.0 Å². The molecule has 0 aromatic heterocycles. The number of hydrogen-bond acceptors (Lipinski definition) is 2. The van der Waals surface area contributed by atoms with E-state index in [1.807, 2.05) is 39.0 Å². The maximum Gasteiger partial charge on any atom is 0.323 e. The molecule has 3 amide bonds. The van der Waals surface area contributed by atoms with Gasteiger partial charge in [0.2, 0.25) is 5.91 Å². The summed E-state index contributed by atoms with van der Waals surface area (Å²) in [4.78, 5) is 24.0. The Morgan fingerprint density at radius 1 is 0.739 bits per heavy atom. The summed E-state index contributed by atoms with van der Waals surface area (Å²) in [6, 6.07) is 15.9. The second-order valence-electron chi connectivity index (χ2n) is 6.23. The lowest BCUT2D eigenvalue weighted by molar-refractivity contribution is -0.123. The van der Waals surface area contributed by atoms with Crippen molar-refractivity contribution in [1.82, 2.24) is 0 Å². The molecule has 0 saturated carbocycles. The first kappa shape index (κ1) is 16.5. The number of carbonyl (C=O) groups is 2. The normalized spacial score (nSPS) is 10.7. The third-order valence-electron chi connectivity index (χ3n) is 3.09. The van der Waals surface area contributed by atoms with Crippen LogP contribution in [0.15, 0.2) is 54.6 Å². The maximum absolute atomic E-state index is 12.0. The van der Waals surface area contributed by atoms with Crippen molar-refractivity contribution in [2.75, 3.05) is 16.0 Å². The molecule has 0 heterocycles. The molecular formula is C18H21N3O2. The molecule has 0 aliphatic carbocycles. The number of para-hydroxylation sites is 1. The van der Waals surface area contributed by atoms with Gasteiger partial charge in [0.05, 0.1) is 0 Å². The Balaban J connectivity index is 2.00. The number of benzene rings is 2. The van der Waals surface area contributed by atoms with Gasteiger partial charge in [-0.1, -0.05) is 45.0 Å². The zero-order valence-electron chi connectivity index (χ0n) is 13.5. The van der Waals surface area contributed by atoms with Crippen LogP contribution in [0.1, 0.15) is 20.8 Å². The van der Waals surface area contributed by atoms with Gasteiger partial charge in [-0.2, -0.15) is 0 Å². The second-order valence-corrected chi connectivity index (χ2v) is 6.23. The van der Waals surface area contributed by atoms with E-state index >= 15 is 0 Å². The van der Waals surface area contributed by atoms with Gasteiger partial charge in [-0.3, -0.25) is 4.79 Å². The van der Waals surface area contributed by atoms with Crippen molar-refractivity contribution in [3.63, 3.8) is 0 Å². The van der Waals surface area contributed by atoms with Crippen LogP contribution < -0.4 is 16.0 Å². The third kappa shape index (κ3) is 5.14. The summed E-state index contributed by atoms with van der Waals surface area (Å²) in [5, 5.41) is 8.31. The lowest BCUT2D eigenvalue weighted by Gasteiger charge is -2.18. The van der Waals surface area contributed by atoms with Crippen LogP contribution in [0.4, 0.5) is 21.9 Å². The molecule has 5 nitrogen and oxygen atoms in total. The molecule has 0 spiro atoms. The van der Waals surface area contributed by atoms with Crippen LogP contribution in [0.3, 0.4) is 0 Å². The van der Waals surface area contributed by atoms with Crippen LogP contribution in [0.25, 0.3) is 0 Å². The van der Waals surface area contributed by atoms with E-state index in [9.17, 15) is 9.59 Å². The van der Waals surface area contributed by atoms with Crippen LogP contribution >= 0.6 is 0 Å². The van der Waals surface area contributed by atoms with Gasteiger partial charge >= 0.3 is 6.03 Å². The summed E-state index contributed by atoms with van der Waals surface area (Å²) in [5.41, 5.74) is 1.48. The summed E-state index contributed by atoms with van der Waals surface area (Å²) in [6.45, 7) is 5.53. The molecule has 0 fully saturated rings. The monoisotopic (exact) mass is 311 g/mol. The van der Waals surface area contributed by atoms with E-state index in [2.05, 4.69) is 16.0 Å². The zero-order valence-corrected chi connectivity index (χ0v) is 13.5. The van der Waals surface area contributed by atoms with Crippen LogP contribution in [0.5, 0.6) is 0 Å². The number of anilines is 3. The van der Waals surface area contributed by atoms with Crippen molar-refractivity contribution in [3.05, 3.63) is 54.6 Å². The Morgan fingerprint density at radius 3 is 1.87 bits per heavy atom. The summed E-state index contributed by atoms with van der Waals surface area (Å²) >= 11 is 0. The standard InChI is InChI=1S/C18H21N3O2/c1-18(2,3)16(22)19-14-10-7-11-15(12-14)21-17(23)20-13-8-5-4-6-9-13/h4-12H,1-3H3,(H,19,22)(H2,20,21,23). The number of hydrogen-bond donors (Lipinski definition) is 3. The molecule has 0 aliphatic rings. The predicted octanol–water partition coefficient (Wildman–Crippen LogP) is 4.32. The topological polar surface area (TPSA) is 70.2 Å². The molecule has 0 saturated heterocycles. The van der Waals surface area contributed by atoms with Crippen molar-refractivity contribution in [2.45, 2.75) is 20.8 Å². The molecular weight excluding hydrogens is 290 g/mol.